The molecule has 1 aromatic heterocycles. The van der Waals surface area contributed by atoms with E-state index in [9.17, 15) is 50.6 Å². The number of hydrogen-bond donors (Lipinski definition) is 6. The summed E-state index contributed by atoms with van der Waals surface area (Å²) in [6.07, 6.45) is -5.28. The van der Waals surface area contributed by atoms with Crippen LogP contribution in [0.1, 0.15) is 75.3 Å². The number of methoxy groups -OCH3 is 2. The molecule has 0 aliphatic carbocycles. The number of aliphatic hydroxyl groups is 1. The number of nitrogens with zero attached hydrogens (tertiary/aromatic N) is 4. The van der Waals surface area contributed by atoms with Gasteiger partial charge in [-0.05, 0) is 93.1 Å². The number of amides is 4. The topological polar surface area (TPSA) is 199 Å². The molecule has 6 N–H and O–H groups in total. The van der Waals surface area contributed by atoms with Gasteiger partial charge >= 0.3 is 24.9 Å². The van der Waals surface area contributed by atoms with E-state index < -0.39 is 109 Å². The number of fused-ring (bicyclic) bond motifs is 2. The van der Waals surface area contributed by atoms with Gasteiger partial charge in [-0.15, -0.1) is 0 Å². The summed E-state index contributed by atoms with van der Waals surface area (Å²) in [5, 5.41) is 21.0. The molecule has 3 saturated heterocycles. The molecule has 3 aliphatic heterocycles. The number of carbonyl (C=O) groups is 4. The average Bonchev–Trinajstić information content (AvgIpc) is 3.72. The summed E-state index contributed by atoms with van der Waals surface area (Å²) in [6.45, 7) is 2.33. The molecule has 3 aliphatic rings. The molecule has 78 heavy (non-hydrogen) atoms. The molecular weight excluding hydrogens is 1040 g/mol. The van der Waals surface area contributed by atoms with Crippen LogP contribution >= 0.6 is 0 Å². The maximum absolute atomic E-state index is 15.9. The van der Waals surface area contributed by atoms with Crippen LogP contribution in [0.5, 0.6) is 0 Å². The molecular formula is C53H65F8N9O8. The van der Waals surface area contributed by atoms with Gasteiger partial charge in [0.05, 0.1) is 57.7 Å². The Balaban J connectivity index is 1.29. The van der Waals surface area contributed by atoms with Crippen LogP contribution in [-0.4, -0.2) is 153 Å². The smallest absolute Gasteiger partial charge is 0.407 e. The zero-order valence-corrected chi connectivity index (χ0v) is 44.1. The van der Waals surface area contributed by atoms with E-state index in [0.29, 0.717) is 48.7 Å². The quantitative estimate of drug-likeness (QED) is 0.0318. The summed E-state index contributed by atoms with van der Waals surface area (Å²) in [7, 11) is 1.83. The van der Waals surface area contributed by atoms with Gasteiger partial charge in [0.25, 0.3) is 5.91 Å². The SMILES string of the molecule is COC(=O)N[C@H](C(=O)NN(Cc1c(F)cc(/C(C)=C/NC(F)F)cc1F)C[C@H](O)[C@H](Cc1ccc(C#Cc2ccc(N3CC4CCC(C3)N4C3COC3)nc2)cc1)NC(=O)[C@@H](NC(=O)OC)C(C)(C)C(F)(F)F)C(C)(C)CF. The number of aromatic nitrogens is 1. The van der Waals surface area contributed by atoms with Gasteiger partial charge in [-0.25, -0.2) is 28.4 Å². The number of hydrogen-bond acceptors (Lipinski definition) is 13. The molecule has 6 atom stereocenters. The number of pyridine rings is 1. The van der Waals surface area contributed by atoms with Crippen molar-refractivity contribution in [1.29, 1.82) is 0 Å². The van der Waals surface area contributed by atoms with Crippen molar-refractivity contribution in [3.8, 4) is 11.8 Å². The number of halogens is 8. The van der Waals surface area contributed by atoms with Gasteiger partial charge in [0.2, 0.25) is 5.91 Å². The second kappa shape index (κ2) is 25.8. The minimum atomic E-state index is -5.11. The number of anilines is 1. The lowest BCUT2D eigenvalue weighted by atomic mass is 9.82. The highest BCUT2D eigenvalue weighted by molar-refractivity contribution is 5.87. The monoisotopic (exact) mass is 1110 g/mol. The number of piperazine rings is 1. The Morgan fingerprint density at radius 2 is 1.44 bits per heavy atom. The highest BCUT2D eigenvalue weighted by Crippen LogP contribution is 2.41. The molecule has 426 valence electrons. The molecule has 25 heteroatoms. The molecule has 0 radical (unpaired) electrons. The van der Waals surface area contributed by atoms with Crippen molar-refractivity contribution in [2.45, 2.75) is 116 Å². The van der Waals surface area contributed by atoms with Gasteiger partial charge in [-0.1, -0.05) is 37.8 Å². The lowest BCUT2D eigenvalue weighted by Gasteiger charge is -2.47. The van der Waals surface area contributed by atoms with Gasteiger partial charge in [0.1, 0.15) is 29.5 Å². The van der Waals surface area contributed by atoms with Gasteiger partial charge in [0.15, 0.2) is 0 Å². The van der Waals surface area contributed by atoms with Gasteiger partial charge in [-0.3, -0.25) is 24.3 Å². The van der Waals surface area contributed by atoms with E-state index in [0.717, 1.165) is 82.5 Å². The van der Waals surface area contributed by atoms with E-state index in [2.05, 4.69) is 47.2 Å². The maximum Gasteiger partial charge on any atom is 0.407 e. The number of nitrogens with one attached hydrogen (secondary N) is 5. The van der Waals surface area contributed by atoms with Crippen molar-refractivity contribution in [2.75, 3.05) is 58.6 Å². The predicted molar refractivity (Wildman–Crippen MR) is 270 cm³/mol. The Morgan fingerprint density at radius 1 is 0.859 bits per heavy atom. The molecule has 2 unspecified atom stereocenters. The van der Waals surface area contributed by atoms with Crippen molar-refractivity contribution in [2.24, 2.45) is 10.8 Å². The number of allylic oxidation sites excluding steroid dienone is 1. The summed E-state index contributed by atoms with van der Waals surface area (Å²) >= 11 is 0. The standard InChI is InChI=1S/C53H65F8N9O8/c1-30(21-63-48(57)58)34-19-39(55)38(40(56)20-34)25-69(67-47(73)44(51(2,3)29-54)65-49(74)76-6)26-42(71)41(64-46(72)45(66-50(75)77-7)52(4,5)53(59,60)61)18-32-11-8-31(9-12-32)10-13-33-14-17-43(62-22-33)68-23-35-15-16-36(24-68)70(35)37-27-78-28-37/h8-9,11-12,14,17,19-22,35-37,41-42,44-45,48,63,71H,15-16,18,23-29H2,1-7H3,(H,64,72)(H,65,74)(H,66,75)(H,67,73)/b30-21+/t35?,36?,41-,42-,44+,45+/m0/s1. The van der Waals surface area contributed by atoms with E-state index >= 15 is 8.78 Å². The largest absolute Gasteiger partial charge is 0.453 e. The van der Waals surface area contributed by atoms with E-state index in [1.807, 2.05) is 17.4 Å². The number of carbonyl (C=O) groups excluding carboxylic acids is 4. The highest BCUT2D eigenvalue weighted by Gasteiger charge is 2.56. The molecule has 2 bridgehead atoms. The number of alkyl halides is 6. The summed E-state index contributed by atoms with van der Waals surface area (Å²) in [5.41, 5.74) is -1.74. The molecule has 6 rings (SSSR count). The van der Waals surface area contributed by atoms with Crippen molar-refractivity contribution in [3.05, 3.63) is 100 Å². The zero-order valence-electron chi connectivity index (χ0n) is 44.1. The van der Waals surface area contributed by atoms with Crippen LogP contribution in [0.3, 0.4) is 0 Å². The first-order chi connectivity index (χ1) is 36.7. The van der Waals surface area contributed by atoms with Crippen LogP contribution < -0.4 is 31.6 Å². The Labute approximate surface area is 446 Å². The Morgan fingerprint density at radius 3 is 1.95 bits per heavy atom. The number of aliphatic hydroxyl groups excluding tert-OH is 1. The molecule has 3 aromatic rings. The molecule has 0 spiro atoms. The first-order valence-electron chi connectivity index (χ1n) is 25.0. The maximum atomic E-state index is 15.9. The number of hydrazine groups is 1. The second-order valence-corrected chi connectivity index (χ2v) is 20.7. The van der Waals surface area contributed by atoms with Crippen molar-refractivity contribution < 1.29 is 73.6 Å². The summed E-state index contributed by atoms with van der Waals surface area (Å²) in [5.74, 6) is 1.80. The zero-order chi connectivity index (χ0) is 57.3. The lowest BCUT2D eigenvalue weighted by molar-refractivity contribution is -0.220. The van der Waals surface area contributed by atoms with Crippen LogP contribution in [-0.2, 0) is 36.8 Å². The van der Waals surface area contributed by atoms with Crippen LogP contribution in [0.4, 0.5) is 50.5 Å². The summed E-state index contributed by atoms with van der Waals surface area (Å²) < 4.78 is 130. The van der Waals surface area contributed by atoms with Crippen molar-refractivity contribution in [1.82, 2.24) is 41.6 Å². The fourth-order valence-corrected chi connectivity index (χ4v) is 9.38. The minimum absolute atomic E-state index is 0.00763. The third kappa shape index (κ3) is 15.1. The summed E-state index contributed by atoms with van der Waals surface area (Å²) in [6, 6.07) is 7.32. The van der Waals surface area contributed by atoms with Crippen molar-refractivity contribution >= 4 is 35.4 Å². The first kappa shape index (κ1) is 60.5. The fourth-order valence-electron chi connectivity index (χ4n) is 9.38. The van der Waals surface area contributed by atoms with E-state index in [1.165, 1.54) is 20.8 Å². The molecule has 17 nitrogen and oxygen atoms in total. The Kier molecular flexibility index (Phi) is 20.0. The van der Waals surface area contributed by atoms with Crippen LogP contribution in [0, 0.1) is 34.3 Å². The lowest BCUT2D eigenvalue weighted by Crippen LogP contribution is -2.63. The van der Waals surface area contributed by atoms with Gasteiger partial charge in [0, 0.05) is 72.8 Å². The van der Waals surface area contributed by atoms with E-state index in [-0.39, 0.29) is 17.6 Å². The predicted octanol–water partition coefficient (Wildman–Crippen LogP) is 5.94. The van der Waals surface area contributed by atoms with E-state index in [1.54, 1.807) is 35.8 Å². The third-order valence-corrected chi connectivity index (χ3v) is 14.3. The number of rotatable bonds is 21. The molecule has 2 aromatic carbocycles. The van der Waals surface area contributed by atoms with E-state index in [4.69, 9.17) is 9.72 Å². The van der Waals surface area contributed by atoms with Crippen LogP contribution in [0.25, 0.3) is 5.57 Å². The van der Waals surface area contributed by atoms with Crippen LogP contribution in [0.2, 0.25) is 0 Å². The summed E-state index contributed by atoms with van der Waals surface area (Å²) in [4.78, 5) is 62.5. The molecule has 3 fully saturated rings. The second-order valence-electron chi connectivity index (χ2n) is 20.7. The normalized spacial score (nSPS) is 18.7. The highest BCUT2D eigenvalue weighted by atomic mass is 19.4. The number of ether oxygens (including phenoxy) is 3. The average molecular weight is 1110 g/mol. The number of benzene rings is 2. The third-order valence-electron chi connectivity index (χ3n) is 14.3. The van der Waals surface area contributed by atoms with Gasteiger partial charge in [-0.2, -0.15) is 22.0 Å². The van der Waals surface area contributed by atoms with Gasteiger partial charge < -0.3 is 45.5 Å². The van der Waals surface area contributed by atoms with Crippen molar-refractivity contribution in [3.63, 3.8) is 0 Å². The fraction of sp³-hybridized carbons (Fsp3) is 0.528. The Hall–Kier alpha value is -6.75. The minimum Gasteiger partial charge on any atom is -0.453 e. The van der Waals surface area contributed by atoms with Crippen LogP contribution in [0.15, 0.2) is 60.9 Å². The molecule has 4 heterocycles. The first-order valence-corrected chi connectivity index (χ1v) is 25.0. The number of alkyl carbamates (subject to hydrolysis) is 2. The molecule has 0 saturated carbocycles. The Bertz CT molecular complexity index is 2650. The molecule has 4 amide bonds.